The Morgan fingerprint density at radius 2 is 0.966 bits per heavy atom. The van der Waals surface area contributed by atoms with Gasteiger partial charge in [0, 0.05) is 12.5 Å². The molecule has 0 amide bonds. The Balaban J connectivity index is 4.32. The van der Waals surface area contributed by atoms with Crippen LogP contribution in [0.25, 0.3) is 0 Å². The van der Waals surface area contributed by atoms with Crippen LogP contribution in [0.15, 0.2) is 24.3 Å². The Morgan fingerprint density at radius 3 is 1.39 bits per heavy atom. The second-order valence-electron chi connectivity index (χ2n) is 17.9. The molecule has 0 aromatic carbocycles. The number of unbranched alkanes of at least 4 members (excludes halogenated alkanes) is 30. The zero-order valence-electron chi connectivity index (χ0n) is 39.2. The van der Waals surface area contributed by atoms with Gasteiger partial charge in [0.15, 0.2) is 6.10 Å². The predicted octanol–water partition coefficient (Wildman–Crippen LogP) is 13.7. The number of ether oxygens (including phenoxy) is 2. The molecule has 0 rings (SSSR count). The van der Waals surface area contributed by atoms with Crippen molar-refractivity contribution in [3.05, 3.63) is 24.3 Å². The molecule has 0 aromatic rings. The summed E-state index contributed by atoms with van der Waals surface area (Å²) in [6.07, 6.45) is 47.0. The largest absolute Gasteiger partial charge is 0.756 e. The summed E-state index contributed by atoms with van der Waals surface area (Å²) in [5.41, 5.74) is 0. The predicted molar refractivity (Wildman–Crippen MR) is 245 cm³/mol. The minimum atomic E-state index is -4.64. The highest BCUT2D eigenvalue weighted by Gasteiger charge is 2.21. The Morgan fingerprint density at radius 1 is 0.559 bits per heavy atom. The molecule has 2 atom stereocenters. The number of esters is 2. The van der Waals surface area contributed by atoms with Crippen LogP contribution in [0.3, 0.4) is 0 Å². The molecule has 348 valence electrons. The van der Waals surface area contributed by atoms with E-state index in [-0.39, 0.29) is 19.6 Å². The summed E-state index contributed by atoms with van der Waals surface area (Å²) in [6.45, 7) is 4.13. The van der Waals surface area contributed by atoms with Crippen LogP contribution in [0.5, 0.6) is 0 Å². The molecule has 0 saturated carbocycles. The van der Waals surface area contributed by atoms with Crippen LogP contribution < -0.4 is 4.89 Å². The van der Waals surface area contributed by atoms with Crippen molar-refractivity contribution >= 4 is 19.8 Å². The van der Waals surface area contributed by atoms with Crippen molar-refractivity contribution in [1.29, 1.82) is 0 Å². The molecular formula is C49H94NO8P. The van der Waals surface area contributed by atoms with Crippen LogP contribution in [-0.4, -0.2) is 70.0 Å². The number of phosphoric ester groups is 1. The molecule has 10 heteroatoms. The van der Waals surface area contributed by atoms with Gasteiger partial charge in [-0.2, -0.15) is 0 Å². The Bertz CT molecular complexity index is 1060. The summed E-state index contributed by atoms with van der Waals surface area (Å²) >= 11 is 0. The number of nitrogens with zero attached hydrogens (tertiary/aromatic N) is 1. The molecule has 1 unspecified atom stereocenters. The van der Waals surface area contributed by atoms with E-state index in [4.69, 9.17) is 18.5 Å². The van der Waals surface area contributed by atoms with Crippen LogP contribution >= 0.6 is 7.82 Å². The molecule has 0 spiro atoms. The van der Waals surface area contributed by atoms with Gasteiger partial charge in [0.2, 0.25) is 0 Å². The number of phosphoric acid groups is 1. The number of allylic oxidation sites excluding steroid dienone is 3. The first-order chi connectivity index (χ1) is 28.5. The molecule has 0 bridgehead atoms. The standard InChI is InChI=1S/C49H94NO8P/c1-6-8-10-12-14-16-18-20-22-23-24-25-26-28-30-32-34-36-38-40-42-49(52)58-47(46-57-59(53,54)56-44-43-50(3,4)5)45-55-48(51)41-39-37-35-33-31-29-27-21-19-17-15-13-11-9-7-2/h35,37,39,41,47H,6-34,36,38,40,42-46H2,1-5H3/b37-35+,41-39+/t47-/m1/s1. The number of likely N-dealkylation sites (N-methyl/N-ethyl adjacent to an activating group) is 1. The molecular weight excluding hydrogens is 762 g/mol. The smallest absolute Gasteiger partial charge is 0.330 e. The minimum Gasteiger partial charge on any atom is -0.756 e. The highest BCUT2D eigenvalue weighted by Crippen LogP contribution is 2.38. The van der Waals surface area contributed by atoms with E-state index in [0.29, 0.717) is 17.4 Å². The van der Waals surface area contributed by atoms with Crippen molar-refractivity contribution in [3.63, 3.8) is 0 Å². The van der Waals surface area contributed by atoms with Crippen molar-refractivity contribution < 1.29 is 42.1 Å². The van der Waals surface area contributed by atoms with E-state index in [2.05, 4.69) is 13.8 Å². The van der Waals surface area contributed by atoms with Gasteiger partial charge in [-0.3, -0.25) is 9.36 Å². The van der Waals surface area contributed by atoms with Gasteiger partial charge in [0.25, 0.3) is 7.82 Å². The van der Waals surface area contributed by atoms with Gasteiger partial charge in [-0.05, 0) is 19.3 Å². The van der Waals surface area contributed by atoms with Gasteiger partial charge in [0.1, 0.15) is 19.8 Å². The number of hydrogen-bond acceptors (Lipinski definition) is 8. The summed E-state index contributed by atoms with van der Waals surface area (Å²) in [5.74, 6) is -1.08. The summed E-state index contributed by atoms with van der Waals surface area (Å²) in [6, 6.07) is 0. The van der Waals surface area contributed by atoms with Crippen molar-refractivity contribution in [2.24, 2.45) is 0 Å². The maximum Gasteiger partial charge on any atom is 0.330 e. The fourth-order valence-corrected chi connectivity index (χ4v) is 7.71. The average Bonchev–Trinajstić information content (AvgIpc) is 3.19. The van der Waals surface area contributed by atoms with Crippen LogP contribution in [0.2, 0.25) is 0 Å². The van der Waals surface area contributed by atoms with Crippen molar-refractivity contribution in [2.75, 3.05) is 47.5 Å². The second-order valence-corrected chi connectivity index (χ2v) is 19.3. The van der Waals surface area contributed by atoms with E-state index >= 15 is 0 Å². The van der Waals surface area contributed by atoms with Crippen molar-refractivity contribution in [2.45, 2.75) is 232 Å². The van der Waals surface area contributed by atoms with E-state index in [1.54, 1.807) is 6.08 Å². The number of carbonyl (C=O) groups is 2. The number of hydrogen-bond donors (Lipinski definition) is 0. The molecule has 9 nitrogen and oxygen atoms in total. The zero-order valence-corrected chi connectivity index (χ0v) is 40.1. The normalized spacial score (nSPS) is 13.7. The van der Waals surface area contributed by atoms with Gasteiger partial charge in [-0.25, -0.2) is 4.79 Å². The lowest BCUT2D eigenvalue weighted by atomic mass is 10.0. The van der Waals surface area contributed by atoms with Gasteiger partial charge < -0.3 is 27.9 Å². The number of carbonyl (C=O) groups excluding carboxylic acids is 2. The third kappa shape index (κ3) is 45.8. The minimum absolute atomic E-state index is 0.0409. The molecule has 0 N–H and O–H groups in total. The zero-order chi connectivity index (χ0) is 43.6. The molecule has 0 saturated heterocycles. The average molecular weight is 856 g/mol. The van der Waals surface area contributed by atoms with Gasteiger partial charge >= 0.3 is 11.9 Å². The summed E-state index contributed by atoms with van der Waals surface area (Å²) in [4.78, 5) is 37.5. The van der Waals surface area contributed by atoms with E-state index in [1.165, 1.54) is 173 Å². The topological polar surface area (TPSA) is 111 Å². The molecule has 0 aliphatic heterocycles. The third-order valence-corrected chi connectivity index (χ3v) is 11.8. The Labute approximate surface area is 364 Å². The maximum absolute atomic E-state index is 12.7. The van der Waals surface area contributed by atoms with Crippen LogP contribution in [0.1, 0.15) is 226 Å². The second kappa shape index (κ2) is 41.8. The first-order valence-corrected chi connectivity index (χ1v) is 26.0. The van der Waals surface area contributed by atoms with Crippen LogP contribution in [0.4, 0.5) is 0 Å². The van der Waals surface area contributed by atoms with Gasteiger partial charge in [-0.15, -0.1) is 0 Å². The molecule has 0 aromatic heterocycles. The van der Waals surface area contributed by atoms with Gasteiger partial charge in [-0.1, -0.05) is 218 Å². The number of quaternary nitrogens is 1. The molecule has 0 heterocycles. The first kappa shape index (κ1) is 57.5. The van der Waals surface area contributed by atoms with Crippen molar-refractivity contribution in [1.82, 2.24) is 0 Å². The monoisotopic (exact) mass is 856 g/mol. The highest BCUT2D eigenvalue weighted by molar-refractivity contribution is 7.45. The third-order valence-electron chi connectivity index (χ3n) is 10.8. The summed E-state index contributed by atoms with van der Waals surface area (Å²) in [5, 5.41) is 0. The summed E-state index contributed by atoms with van der Waals surface area (Å²) in [7, 11) is 1.13. The van der Waals surface area contributed by atoms with E-state index in [9.17, 15) is 19.0 Å². The van der Waals surface area contributed by atoms with Crippen LogP contribution in [-0.2, 0) is 32.7 Å². The fraction of sp³-hybridized carbons (Fsp3) is 0.878. The van der Waals surface area contributed by atoms with E-state index < -0.39 is 32.5 Å². The van der Waals surface area contributed by atoms with Gasteiger partial charge in [0.05, 0.1) is 27.7 Å². The number of rotatable bonds is 45. The maximum atomic E-state index is 12.7. The summed E-state index contributed by atoms with van der Waals surface area (Å²) < 4.78 is 33.8. The molecule has 0 aliphatic carbocycles. The lowest BCUT2D eigenvalue weighted by Gasteiger charge is -2.28. The lowest BCUT2D eigenvalue weighted by molar-refractivity contribution is -0.870. The molecule has 0 fully saturated rings. The molecule has 0 radical (unpaired) electrons. The molecule has 0 aliphatic rings. The fourth-order valence-electron chi connectivity index (χ4n) is 6.98. The van der Waals surface area contributed by atoms with Crippen molar-refractivity contribution in [3.8, 4) is 0 Å². The quantitative estimate of drug-likeness (QED) is 0.0149. The molecule has 59 heavy (non-hydrogen) atoms. The van der Waals surface area contributed by atoms with E-state index in [0.717, 1.165) is 32.1 Å². The highest BCUT2D eigenvalue weighted by atomic mass is 31.2. The lowest BCUT2D eigenvalue weighted by Crippen LogP contribution is -2.37. The Hall–Kier alpha value is -1.51. The van der Waals surface area contributed by atoms with Crippen LogP contribution in [0, 0.1) is 0 Å². The van der Waals surface area contributed by atoms with E-state index in [1.807, 2.05) is 33.3 Å². The SMILES string of the molecule is CCCCCCCCCCCCC/C=C/C=C/C(=O)OC[C@H](COP(=O)([O-])OCC[N+](C)(C)C)OC(=O)CCCCCCCCCCCCCCCCCCCCCC. The Kier molecular flexibility index (Phi) is 40.8. The first-order valence-electron chi connectivity index (χ1n) is 24.6.